The van der Waals surface area contributed by atoms with E-state index in [1.54, 1.807) is 0 Å². The minimum atomic E-state index is 0.402. The third-order valence-electron chi connectivity index (χ3n) is 4.95. The molecule has 0 saturated heterocycles. The van der Waals surface area contributed by atoms with Crippen LogP contribution in [0.25, 0.3) is 0 Å². The van der Waals surface area contributed by atoms with Crippen LogP contribution in [0.15, 0.2) is 0 Å². The Morgan fingerprint density at radius 3 is 1.50 bits per heavy atom. The van der Waals surface area contributed by atoms with Gasteiger partial charge in [-0.1, -0.05) is 52.4 Å². The van der Waals surface area contributed by atoms with Crippen LogP contribution in [-0.2, 0) is 4.79 Å². The molecule has 92 valence electrons. The third-order valence-corrected chi connectivity index (χ3v) is 4.95. The van der Waals surface area contributed by atoms with E-state index in [0.717, 1.165) is 0 Å². The maximum absolute atomic E-state index is 12.6. The molecule has 4 unspecified atom stereocenters. The molecule has 0 bridgehead atoms. The lowest BCUT2D eigenvalue weighted by molar-refractivity contribution is -0.132. The van der Waals surface area contributed by atoms with Gasteiger partial charge < -0.3 is 0 Å². The summed E-state index contributed by atoms with van der Waals surface area (Å²) in [5.41, 5.74) is 0. The first-order chi connectivity index (χ1) is 7.70. The standard InChI is InChI=1S/C15H26O/c1-11-7-3-5-9-13(11)15(16)14-10-6-4-8-12(14)2/h11-14H,3-10H2,1-2H3. The number of Topliss-reactive ketones (excluding diaryl/α,β-unsaturated/α-hetero) is 1. The van der Waals surface area contributed by atoms with E-state index in [2.05, 4.69) is 13.8 Å². The number of carbonyl (C=O) groups is 1. The van der Waals surface area contributed by atoms with Crippen molar-refractivity contribution in [2.75, 3.05) is 0 Å². The summed E-state index contributed by atoms with van der Waals surface area (Å²) in [4.78, 5) is 12.6. The first-order valence-corrected chi connectivity index (χ1v) is 7.24. The first-order valence-electron chi connectivity index (χ1n) is 7.24. The van der Waals surface area contributed by atoms with Crippen molar-refractivity contribution in [3.63, 3.8) is 0 Å². The summed E-state index contributed by atoms with van der Waals surface area (Å²) in [6, 6.07) is 0. The fourth-order valence-corrected chi connectivity index (χ4v) is 3.75. The highest BCUT2D eigenvalue weighted by atomic mass is 16.1. The third kappa shape index (κ3) is 2.49. The van der Waals surface area contributed by atoms with Crippen molar-refractivity contribution in [1.82, 2.24) is 0 Å². The number of hydrogen-bond acceptors (Lipinski definition) is 1. The largest absolute Gasteiger partial charge is 0.299 e. The van der Waals surface area contributed by atoms with Crippen LogP contribution in [0.3, 0.4) is 0 Å². The van der Waals surface area contributed by atoms with Crippen molar-refractivity contribution in [3.05, 3.63) is 0 Å². The lowest BCUT2D eigenvalue weighted by atomic mass is 9.69. The molecule has 0 heterocycles. The summed E-state index contributed by atoms with van der Waals surface area (Å²) < 4.78 is 0. The monoisotopic (exact) mass is 222 g/mol. The molecule has 2 aliphatic rings. The van der Waals surface area contributed by atoms with Crippen LogP contribution in [0, 0.1) is 23.7 Å². The van der Waals surface area contributed by atoms with Crippen LogP contribution in [0.1, 0.15) is 65.2 Å². The van der Waals surface area contributed by atoms with Gasteiger partial charge in [-0.25, -0.2) is 0 Å². The highest BCUT2D eigenvalue weighted by Crippen LogP contribution is 2.38. The summed E-state index contributed by atoms with van der Waals surface area (Å²) in [6.45, 7) is 4.57. The molecule has 0 N–H and O–H groups in total. The van der Waals surface area contributed by atoms with Crippen LogP contribution in [0.5, 0.6) is 0 Å². The first kappa shape index (κ1) is 12.1. The molecule has 1 nitrogen and oxygen atoms in total. The predicted molar refractivity (Wildman–Crippen MR) is 67.3 cm³/mol. The zero-order chi connectivity index (χ0) is 11.5. The van der Waals surface area contributed by atoms with E-state index in [4.69, 9.17) is 0 Å². The zero-order valence-corrected chi connectivity index (χ0v) is 10.9. The molecule has 0 spiro atoms. The molecule has 1 heteroatoms. The molecule has 0 radical (unpaired) electrons. The van der Waals surface area contributed by atoms with Gasteiger partial charge >= 0.3 is 0 Å². The van der Waals surface area contributed by atoms with Crippen molar-refractivity contribution in [3.8, 4) is 0 Å². The van der Waals surface area contributed by atoms with Crippen LogP contribution < -0.4 is 0 Å². The minimum Gasteiger partial charge on any atom is -0.299 e. The summed E-state index contributed by atoms with van der Waals surface area (Å²) in [5.74, 6) is 2.73. The second kappa shape index (κ2) is 5.33. The Morgan fingerprint density at radius 2 is 1.12 bits per heavy atom. The fourth-order valence-electron chi connectivity index (χ4n) is 3.75. The molecule has 16 heavy (non-hydrogen) atoms. The number of carbonyl (C=O) groups excluding carboxylic acids is 1. The Labute approximate surface area is 100.0 Å². The number of rotatable bonds is 2. The van der Waals surface area contributed by atoms with E-state index in [9.17, 15) is 4.79 Å². The van der Waals surface area contributed by atoms with E-state index >= 15 is 0 Å². The van der Waals surface area contributed by atoms with E-state index in [1.165, 1.54) is 51.4 Å². The predicted octanol–water partition coefficient (Wildman–Crippen LogP) is 4.21. The van der Waals surface area contributed by atoms with Crippen LogP contribution in [0.4, 0.5) is 0 Å². The second-order valence-electron chi connectivity index (χ2n) is 6.14. The minimum absolute atomic E-state index is 0.402. The molecule has 2 saturated carbocycles. The van der Waals surface area contributed by atoms with E-state index in [1.807, 2.05) is 0 Å². The van der Waals surface area contributed by atoms with Gasteiger partial charge in [-0.05, 0) is 24.7 Å². The molecule has 0 aromatic heterocycles. The van der Waals surface area contributed by atoms with Crippen molar-refractivity contribution >= 4 is 5.78 Å². The second-order valence-corrected chi connectivity index (χ2v) is 6.14. The summed E-state index contributed by atoms with van der Waals surface area (Å²) in [5, 5.41) is 0. The maximum atomic E-state index is 12.6. The van der Waals surface area contributed by atoms with Gasteiger partial charge in [0.05, 0.1) is 0 Å². The Balaban J connectivity index is 1.99. The van der Waals surface area contributed by atoms with E-state index < -0.39 is 0 Å². The summed E-state index contributed by atoms with van der Waals surface area (Å²) in [7, 11) is 0. The lowest BCUT2D eigenvalue weighted by Crippen LogP contribution is -2.35. The molecule has 0 aromatic carbocycles. The zero-order valence-electron chi connectivity index (χ0n) is 10.9. The summed E-state index contributed by atoms with van der Waals surface area (Å²) in [6.07, 6.45) is 10.1. The van der Waals surface area contributed by atoms with Crippen LogP contribution >= 0.6 is 0 Å². The Hall–Kier alpha value is -0.330. The van der Waals surface area contributed by atoms with Gasteiger partial charge in [-0.3, -0.25) is 4.79 Å². The smallest absolute Gasteiger partial charge is 0.139 e. The quantitative estimate of drug-likeness (QED) is 0.684. The maximum Gasteiger partial charge on any atom is 0.139 e. The molecule has 4 atom stereocenters. The van der Waals surface area contributed by atoms with Crippen molar-refractivity contribution in [2.45, 2.75) is 65.2 Å². The van der Waals surface area contributed by atoms with Gasteiger partial charge in [0, 0.05) is 11.8 Å². The van der Waals surface area contributed by atoms with Gasteiger partial charge in [0.1, 0.15) is 5.78 Å². The van der Waals surface area contributed by atoms with Crippen molar-refractivity contribution in [1.29, 1.82) is 0 Å². The van der Waals surface area contributed by atoms with Gasteiger partial charge in [0.15, 0.2) is 0 Å². The number of ketones is 1. The molecule has 0 aromatic rings. The average Bonchev–Trinajstić information content (AvgIpc) is 2.29. The molecule has 2 fully saturated rings. The number of hydrogen-bond donors (Lipinski definition) is 0. The lowest BCUT2D eigenvalue weighted by Gasteiger charge is -2.34. The van der Waals surface area contributed by atoms with Gasteiger partial charge in [-0.15, -0.1) is 0 Å². The fraction of sp³-hybridized carbons (Fsp3) is 0.933. The Morgan fingerprint density at radius 1 is 0.750 bits per heavy atom. The van der Waals surface area contributed by atoms with Gasteiger partial charge in [0.25, 0.3) is 0 Å². The van der Waals surface area contributed by atoms with Crippen LogP contribution in [-0.4, -0.2) is 5.78 Å². The Kier molecular flexibility index (Phi) is 4.05. The molecule has 0 aliphatic heterocycles. The summed E-state index contributed by atoms with van der Waals surface area (Å²) >= 11 is 0. The SMILES string of the molecule is CC1CCCCC1C(=O)C1CCCCC1C. The van der Waals surface area contributed by atoms with Crippen molar-refractivity contribution in [2.24, 2.45) is 23.7 Å². The average molecular weight is 222 g/mol. The molecular weight excluding hydrogens is 196 g/mol. The van der Waals surface area contributed by atoms with Gasteiger partial charge in [0.2, 0.25) is 0 Å². The van der Waals surface area contributed by atoms with Crippen molar-refractivity contribution < 1.29 is 4.79 Å². The highest BCUT2D eigenvalue weighted by molar-refractivity contribution is 5.84. The van der Waals surface area contributed by atoms with Gasteiger partial charge in [-0.2, -0.15) is 0 Å². The molecular formula is C15H26O. The Bertz CT molecular complexity index is 222. The van der Waals surface area contributed by atoms with E-state index in [-0.39, 0.29) is 0 Å². The normalized spacial score (nSPS) is 40.6. The highest BCUT2D eigenvalue weighted by Gasteiger charge is 2.35. The van der Waals surface area contributed by atoms with E-state index in [0.29, 0.717) is 29.5 Å². The topological polar surface area (TPSA) is 17.1 Å². The molecule has 2 aliphatic carbocycles. The van der Waals surface area contributed by atoms with Crippen LogP contribution in [0.2, 0.25) is 0 Å². The molecule has 2 rings (SSSR count). The molecule has 0 amide bonds.